The number of carbonyl (C=O) groups is 2. The average Bonchev–Trinajstić information content (AvgIpc) is 2.99. The number of hydrogen-bond donors (Lipinski definition) is 3. The lowest BCUT2D eigenvalue weighted by atomic mass is 9.99. The van der Waals surface area contributed by atoms with Crippen LogP contribution >= 0.6 is 0 Å². The van der Waals surface area contributed by atoms with Crippen molar-refractivity contribution in [1.29, 1.82) is 0 Å². The summed E-state index contributed by atoms with van der Waals surface area (Å²) in [6, 6.07) is 17.1. The largest absolute Gasteiger partial charge is 0.497 e. The SMILES string of the molecule is COc1ccc(NC(=O)Nc2ccc3c(c2)C(=O)N([C@H](C)CO)C[C@@H](C)[C@@H](CN(C)S(=O)(=O)c2ccc(C)cc2)O3)cc1. The zero-order valence-electron chi connectivity index (χ0n) is 24.9. The number of nitrogens with one attached hydrogen (secondary N) is 2. The summed E-state index contributed by atoms with van der Waals surface area (Å²) in [6.45, 7) is 5.49. The Morgan fingerprint density at radius 2 is 1.72 bits per heavy atom. The molecule has 0 bridgehead atoms. The molecule has 0 saturated heterocycles. The van der Waals surface area contributed by atoms with E-state index in [-0.39, 0.29) is 47.7 Å². The third-order valence-electron chi connectivity index (χ3n) is 7.44. The predicted molar refractivity (Wildman–Crippen MR) is 164 cm³/mol. The summed E-state index contributed by atoms with van der Waals surface area (Å²) in [5.74, 6) is 0.245. The molecule has 1 heterocycles. The molecule has 1 aliphatic heterocycles. The Balaban J connectivity index is 1.59. The first kappa shape index (κ1) is 31.8. The highest BCUT2D eigenvalue weighted by molar-refractivity contribution is 7.89. The van der Waals surface area contributed by atoms with Crippen molar-refractivity contribution < 1.29 is 32.6 Å². The minimum absolute atomic E-state index is 0.0244. The molecule has 3 amide bonds. The normalized spacial score (nSPS) is 17.7. The maximum absolute atomic E-state index is 13.7. The number of rotatable bonds is 9. The molecule has 1 aliphatic rings. The first-order chi connectivity index (χ1) is 20.4. The Bertz CT molecular complexity index is 1550. The number of aliphatic hydroxyl groups excluding tert-OH is 1. The molecule has 3 atom stereocenters. The van der Waals surface area contributed by atoms with Crippen molar-refractivity contribution >= 4 is 33.3 Å². The smallest absolute Gasteiger partial charge is 0.323 e. The van der Waals surface area contributed by atoms with Gasteiger partial charge in [-0.2, -0.15) is 4.31 Å². The molecule has 0 aromatic heterocycles. The lowest BCUT2D eigenvalue weighted by Gasteiger charge is -2.38. The number of amides is 3. The van der Waals surface area contributed by atoms with Gasteiger partial charge >= 0.3 is 6.03 Å². The summed E-state index contributed by atoms with van der Waals surface area (Å²) >= 11 is 0. The fourth-order valence-corrected chi connectivity index (χ4v) is 5.91. The van der Waals surface area contributed by atoms with E-state index in [2.05, 4.69) is 10.6 Å². The Hall–Kier alpha value is -4.13. The van der Waals surface area contributed by atoms with Crippen molar-refractivity contribution in [3.63, 3.8) is 0 Å². The Kier molecular flexibility index (Phi) is 9.95. The molecule has 0 unspecified atom stereocenters. The minimum atomic E-state index is -3.80. The van der Waals surface area contributed by atoms with Gasteiger partial charge in [0.1, 0.15) is 17.6 Å². The molecule has 3 N–H and O–H groups in total. The van der Waals surface area contributed by atoms with Gasteiger partial charge in [0.15, 0.2) is 0 Å². The number of aryl methyl sites for hydroxylation is 1. The highest BCUT2D eigenvalue weighted by Crippen LogP contribution is 2.31. The summed E-state index contributed by atoms with van der Waals surface area (Å²) in [5.41, 5.74) is 2.03. The average molecular weight is 611 g/mol. The van der Waals surface area contributed by atoms with Crippen molar-refractivity contribution in [2.24, 2.45) is 5.92 Å². The number of benzene rings is 3. The molecule has 3 aromatic rings. The van der Waals surface area contributed by atoms with E-state index in [4.69, 9.17) is 9.47 Å². The van der Waals surface area contributed by atoms with Crippen LogP contribution in [0.4, 0.5) is 16.2 Å². The van der Waals surface area contributed by atoms with Crippen LogP contribution in [0.25, 0.3) is 0 Å². The van der Waals surface area contributed by atoms with Gasteiger partial charge in [0.25, 0.3) is 5.91 Å². The predicted octanol–water partition coefficient (Wildman–Crippen LogP) is 4.19. The van der Waals surface area contributed by atoms with Crippen LogP contribution in [0.1, 0.15) is 29.8 Å². The van der Waals surface area contributed by atoms with Crippen LogP contribution in [-0.4, -0.2) is 80.7 Å². The van der Waals surface area contributed by atoms with Gasteiger partial charge in [0.05, 0.1) is 36.8 Å². The topological polar surface area (TPSA) is 138 Å². The standard InChI is InChI=1S/C31H38N4O7S/c1-20-6-13-26(14-7-20)43(39,40)34(4)18-29-21(2)17-35(22(3)19-36)30(37)27-16-24(10-15-28(27)42-29)33-31(38)32-23-8-11-25(41-5)12-9-23/h6-16,21-22,29,36H,17-19H2,1-5H3,(H2,32,33,38)/t21-,22-,29-/m1/s1. The fraction of sp³-hybridized carbons (Fsp3) is 0.355. The first-order valence-electron chi connectivity index (χ1n) is 13.9. The van der Waals surface area contributed by atoms with E-state index in [1.54, 1.807) is 79.6 Å². The number of nitrogens with zero attached hydrogens (tertiary/aromatic N) is 2. The molecule has 4 rings (SSSR count). The highest BCUT2D eigenvalue weighted by atomic mass is 32.2. The maximum atomic E-state index is 13.7. The number of fused-ring (bicyclic) bond motifs is 1. The van der Waals surface area contributed by atoms with Crippen LogP contribution in [0.2, 0.25) is 0 Å². The van der Waals surface area contributed by atoms with E-state index in [9.17, 15) is 23.1 Å². The Morgan fingerprint density at radius 1 is 1.09 bits per heavy atom. The van der Waals surface area contributed by atoms with Crippen LogP contribution in [-0.2, 0) is 10.0 Å². The zero-order valence-corrected chi connectivity index (χ0v) is 25.7. The summed E-state index contributed by atoms with van der Waals surface area (Å²) in [7, 11) is -0.749. The fourth-order valence-electron chi connectivity index (χ4n) is 4.73. The highest BCUT2D eigenvalue weighted by Gasteiger charge is 2.35. The van der Waals surface area contributed by atoms with Crippen molar-refractivity contribution in [2.45, 2.75) is 37.8 Å². The van der Waals surface area contributed by atoms with Gasteiger partial charge in [-0.25, -0.2) is 13.2 Å². The van der Waals surface area contributed by atoms with E-state index in [0.29, 0.717) is 17.1 Å². The minimum Gasteiger partial charge on any atom is -0.497 e. The third kappa shape index (κ3) is 7.45. The zero-order chi connectivity index (χ0) is 31.3. The van der Waals surface area contributed by atoms with Crippen molar-refractivity contribution in [3.05, 3.63) is 77.9 Å². The van der Waals surface area contributed by atoms with Crippen molar-refractivity contribution in [1.82, 2.24) is 9.21 Å². The van der Waals surface area contributed by atoms with Crippen LogP contribution in [0, 0.1) is 12.8 Å². The molecule has 43 heavy (non-hydrogen) atoms. The molecule has 12 heteroatoms. The number of ether oxygens (including phenoxy) is 2. The van der Waals surface area contributed by atoms with Gasteiger partial charge in [-0.05, 0) is 68.4 Å². The molecule has 0 radical (unpaired) electrons. The number of anilines is 2. The molecule has 0 spiro atoms. The lowest BCUT2D eigenvalue weighted by molar-refractivity contribution is 0.0387. The quantitative estimate of drug-likeness (QED) is 0.330. The molecule has 0 aliphatic carbocycles. The van der Waals surface area contributed by atoms with E-state index < -0.39 is 28.2 Å². The third-order valence-corrected chi connectivity index (χ3v) is 9.27. The number of sulfonamides is 1. The van der Waals surface area contributed by atoms with E-state index >= 15 is 0 Å². The van der Waals surface area contributed by atoms with Gasteiger partial charge in [-0.1, -0.05) is 24.6 Å². The summed E-state index contributed by atoms with van der Waals surface area (Å²) in [5, 5.41) is 15.4. The second-order valence-electron chi connectivity index (χ2n) is 10.7. The summed E-state index contributed by atoms with van der Waals surface area (Å²) in [4.78, 5) is 28.1. The van der Waals surface area contributed by atoms with Crippen molar-refractivity contribution in [3.8, 4) is 11.5 Å². The molecular weight excluding hydrogens is 572 g/mol. The van der Waals surface area contributed by atoms with E-state index in [1.807, 2.05) is 13.8 Å². The molecule has 0 fully saturated rings. The van der Waals surface area contributed by atoms with Gasteiger partial charge in [0.2, 0.25) is 10.0 Å². The number of likely N-dealkylation sites (N-methyl/N-ethyl adjacent to an activating group) is 1. The van der Waals surface area contributed by atoms with Crippen LogP contribution in [0.15, 0.2) is 71.6 Å². The molecule has 3 aromatic carbocycles. The molecule has 0 saturated carbocycles. The van der Waals surface area contributed by atoms with Crippen LogP contribution in [0.3, 0.4) is 0 Å². The lowest BCUT2D eigenvalue weighted by Crippen LogP contribution is -2.50. The Morgan fingerprint density at radius 3 is 2.35 bits per heavy atom. The monoisotopic (exact) mass is 610 g/mol. The number of methoxy groups -OCH3 is 1. The van der Waals surface area contributed by atoms with Crippen molar-refractivity contribution in [2.75, 3.05) is 44.5 Å². The van der Waals surface area contributed by atoms with Gasteiger partial charge < -0.3 is 30.1 Å². The van der Waals surface area contributed by atoms with E-state index in [1.165, 1.54) is 17.4 Å². The molecule has 230 valence electrons. The molecular formula is C31H38N4O7S. The summed E-state index contributed by atoms with van der Waals surface area (Å²) in [6.07, 6.45) is -0.623. The van der Waals surface area contributed by atoms with Gasteiger partial charge in [-0.15, -0.1) is 0 Å². The molecule has 11 nitrogen and oxygen atoms in total. The van der Waals surface area contributed by atoms with Crippen LogP contribution < -0.4 is 20.1 Å². The second kappa shape index (κ2) is 13.4. The number of urea groups is 1. The number of hydrogen-bond acceptors (Lipinski definition) is 7. The van der Waals surface area contributed by atoms with Crippen LogP contribution in [0.5, 0.6) is 11.5 Å². The number of aliphatic hydroxyl groups is 1. The second-order valence-corrected chi connectivity index (χ2v) is 12.8. The van der Waals surface area contributed by atoms with Gasteiger partial charge in [-0.3, -0.25) is 4.79 Å². The first-order valence-corrected chi connectivity index (χ1v) is 15.3. The van der Waals surface area contributed by atoms with Gasteiger partial charge in [0, 0.05) is 30.9 Å². The number of carbonyl (C=O) groups excluding carboxylic acids is 2. The maximum Gasteiger partial charge on any atom is 0.323 e. The Labute approximate surface area is 252 Å². The van der Waals surface area contributed by atoms with E-state index in [0.717, 1.165) is 5.56 Å². The summed E-state index contributed by atoms with van der Waals surface area (Å²) < 4.78 is 39.4.